The Balaban J connectivity index is 2.62. The topological polar surface area (TPSA) is 35.6 Å². The molecule has 0 saturated carbocycles. The van der Waals surface area contributed by atoms with Gasteiger partial charge in [-0.25, -0.2) is 0 Å². The summed E-state index contributed by atoms with van der Waals surface area (Å²) in [4.78, 5) is 16.6. The van der Waals surface area contributed by atoms with E-state index >= 15 is 0 Å². The summed E-state index contributed by atoms with van der Waals surface area (Å²) in [7, 11) is 4.13. The Morgan fingerprint density at radius 1 is 1.44 bits per heavy atom. The van der Waals surface area contributed by atoms with Crippen molar-refractivity contribution in [2.24, 2.45) is 5.92 Å². The van der Waals surface area contributed by atoms with E-state index < -0.39 is 0 Å². The van der Waals surface area contributed by atoms with E-state index in [0.717, 1.165) is 25.8 Å². The lowest BCUT2D eigenvalue weighted by atomic mass is 10.0. The summed E-state index contributed by atoms with van der Waals surface area (Å²) in [6.07, 6.45) is 3.24. The SMILES string of the molecule is CCCCC1NCN(C(CN(C)C)C(C)C)C1=O. The van der Waals surface area contributed by atoms with E-state index in [4.69, 9.17) is 0 Å². The highest BCUT2D eigenvalue weighted by Crippen LogP contribution is 2.18. The van der Waals surface area contributed by atoms with E-state index in [0.29, 0.717) is 24.5 Å². The van der Waals surface area contributed by atoms with Crippen LogP contribution < -0.4 is 5.32 Å². The average Bonchev–Trinajstić information content (AvgIpc) is 2.64. The van der Waals surface area contributed by atoms with Gasteiger partial charge in [-0.15, -0.1) is 0 Å². The molecule has 0 aromatic carbocycles. The van der Waals surface area contributed by atoms with Gasteiger partial charge in [0.05, 0.1) is 12.7 Å². The van der Waals surface area contributed by atoms with Crippen molar-refractivity contribution in [1.29, 1.82) is 0 Å². The lowest BCUT2D eigenvalue weighted by Crippen LogP contribution is -2.47. The molecule has 1 rings (SSSR count). The number of likely N-dealkylation sites (N-methyl/N-ethyl adjacent to an activating group) is 1. The first-order valence-corrected chi connectivity index (χ1v) is 7.16. The third-order valence-electron chi connectivity index (χ3n) is 3.66. The number of carbonyl (C=O) groups excluding carboxylic acids is 1. The standard InChI is InChI=1S/C14H29N3O/c1-6-7-8-12-14(18)17(10-15-12)13(11(2)3)9-16(4)5/h11-13,15H,6-10H2,1-5H3. The van der Waals surface area contributed by atoms with Crippen LogP contribution in [0.4, 0.5) is 0 Å². The number of amides is 1. The molecular formula is C14H29N3O. The molecule has 106 valence electrons. The predicted molar refractivity (Wildman–Crippen MR) is 75.3 cm³/mol. The molecule has 18 heavy (non-hydrogen) atoms. The average molecular weight is 255 g/mol. The van der Waals surface area contributed by atoms with E-state index in [-0.39, 0.29) is 6.04 Å². The fourth-order valence-corrected chi connectivity index (χ4v) is 2.53. The largest absolute Gasteiger partial charge is 0.324 e. The van der Waals surface area contributed by atoms with Gasteiger partial charge in [0.25, 0.3) is 0 Å². The van der Waals surface area contributed by atoms with Gasteiger partial charge in [-0.2, -0.15) is 0 Å². The van der Waals surface area contributed by atoms with Crippen molar-refractivity contribution >= 4 is 5.91 Å². The third kappa shape index (κ3) is 3.95. The lowest BCUT2D eigenvalue weighted by molar-refractivity contribution is -0.132. The minimum atomic E-state index is 0.0494. The summed E-state index contributed by atoms with van der Waals surface area (Å²) in [6, 6.07) is 0.361. The van der Waals surface area contributed by atoms with E-state index in [1.807, 2.05) is 4.90 Å². The molecule has 1 aliphatic rings. The predicted octanol–water partition coefficient (Wildman–Crippen LogP) is 1.52. The number of hydrogen-bond donors (Lipinski definition) is 1. The number of rotatable bonds is 7. The summed E-state index contributed by atoms with van der Waals surface area (Å²) in [6.45, 7) is 8.21. The third-order valence-corrected chi connectivity index (χ3v) is 3.66. The van der Waals surface area contributed by atoms with Crippen LogP contribution in [0.1, 0.15) is 40.0 Å². The minimum Gasteiger partial charge on any atom is -0.324 e. The summed E-state index contributed by atoms with van der Waals surface area (Å²) in [5.41, 5.74) is 0. The first-order valence-electron chi connectivity index (χ1n) is 7.16. The second-order valence-electron chi connectivity index (χ2n) is 5.94. The highest BCUT2D eigenvalue weighted by atomic mass is 16.2. The molecule has 2 unspecified atom stereocenters. The molecule has 0 aliphatic carbocycles. The Labute approximate surface area is 112 Å². The molecule has 1 N–H and O–H groups in total. The Morgan fingerprint density at radius 3 is 2.61 bits per heavy atom. The zero-order valence-electron chi connectivity index (χ0n) is 12.6. The van der Waals surface area contributed by atoms with Gasteiger partial charge in [0.15, 0.2) is 0 Å². The molecule has 4 nitrogen and oxygen atoms in total. The maximum absolute atomic E-state index is 12.4. The normalized spacial score (nSPS) is 22.3. The number of hydrogen-bond acceptors (Lipinski definition) is 3. The Morgan fingerprint density at radius 2 is 2.11 bits per heavy atom. The Kier molecular flexibility index (Phi) is 6.09. The van der Waals surface area contributed by atoms with Crippen LogP contribution in [-0.2, 0) is 4.79 Å². The minimum absolute atomic E-state index is 0.0494. The lowest BCUT2D eigenvalue weighted by Gasteiger charge is -2.32. The second kappa shape index (κ2) is 7.10. The summed E-state index contributed by atoms with van der Waals surface area (Å²) < 4.78 is 0. The van der Waals surface area contributed by atoms with Gasteiger partial charge in [0.2, 0.25) is 5.91 Å². The summed E-state index contributed by atoms with van der Waals surface area (Å²) in [5.74, 6) is 0.784. The van der Waals surface area contributed by atoms with Gasteiger partial charge in [0.1, 0.15) is 0 Å². The van der Waals surface area contributed by atoms with Gasteiger partial charge in [-0.3, -0.25) is 10.1 Å². The first-order chi connectivity index (χ1) is 8.47. The molecule has 4 heteroatoms. The molecular weight excluding hydrogens is 226 g/mol. The second-order valence-corrected chi connectivity index (χ2v) is 5.94. The first kappa shape index (κ1) is 15.4. The van der Waals surface area contributed by atoms with Crippen molar-refractivity contribution in [2.45, 2.75) is 52.1 Å². The van der Waals surface area contributed by atoms with Gasteiger partial charge in [-0.1, -0.05) is 33.6 Å². The highest BCUT2D eigenvalue weighted by molar-refractivity contribution is 5.84. The molecule has 0 spiro atoms. The number of carbonyl (C=O) groups is 1. The maximum atomic E-state index is 12.4. The highest BCUT2D eigenvalue weighted by Gasteiger charge is 2.36. The van der Waals surface area contributed by atoms with Gasteiger partial charge < -0.3 is 9.80 Å². The van der Waals surface area contributed by atoms with Crippen molar-refractivity contribution in [2.75, 3.05) is 27.3 Å². The van der Waals surface area contributed by atoms with Crippen LogP contribution in [0.15, 0.2) is 0 Å². The van der Waals surface area contributed by atoms with Gasteiger partial charge >= 0.3 is 0 Å². The van der Waals surface area contributed by atoms with Crippen molar-refractivity contribution in [3.8, 4) is 0 Å². The van der Waals surface area contributed by atoms with Crippen molar-refractivity contribution in [3.05, 3.63) is 0 Å². The van der Waals surface area contributed by atoms with Crippen LogP contribution in [0.3, 0.4) is 0 Å². The van der Waals surface area contributed by atoms with Crippen LogP contribution in [0, 0.1) is 5.92 Å². The molecule has 2 atom stereocenters. The van der Waals surface area contributed by atoms with Crippen molar-refractivity contribution in [3.63, 3.8) is 0 Å². The number of nitrogens with one attached hydrogen (secondary N) is 1. The molecule has 0 aromatic rings. The molecule has 1 aliphatic heterocycles. The number of nitrogens with zero attached hydrogens (tertiary/aromatic N) is 2. The monoisotopic (exact) mass is 255 g/mol. The molecule has 0 aromatic heterocycles. The van der Waals surface area contributed by atoms with Crippen molar-refractivity contribution in [1.82, 2.24) is 15.1 Å². The molecule has 1 fully saturated rings. The van der Waals surface area contributed by atoms with E-state index in [9.17, 15) is 4.79 Å². The smallest absolute Gasteiger partial charge is 0.241 e. The van der Waals surface area contributed by atoms with Crippen LogP contribution in [0.25, 0.3) is 0 Å². The van der Waals surface area contributed by atoms with Gasteiger partial charge in [0, 0.05) is 12.6 Å². The Bertz CT molecular complexity index is 266. The molecule has 0 bridgehead atoms. The van der Waals surface area contributed by atoms with E-state index in [1.54, 1.807) is 0 Å². The van der Waals surface area contributed by atoms with Crippen LogP contribution >= 0.6 is 0 Å². The van der Waals surface area contributed by atoms with Crippen LogP contribution in [0.2, 0.25) is 0 Å². The summed E-state index contributed by atoms with van der Waals surface area (Å²) in [5, 5.41) is 3.36. The fraction of sp³-hybridized carbons (Fsp3) is 0.929. The summed E-state index contributed by atoms with van der Waals surface area (Å²) >= 11 is 0. The Hall–Kier alpha value is -0.610. The zero-order chi connectivity index (χ0) is 13.7. The number of unbranched alkanes of at least 4 members (excludes halogenated alkanes) is 1. The molecule has 1 amide bonds. The van der Waals surface area contributed by atoms with Crippen molar-refractivity contribution < 1.29 is 4.79 Å². The van der Waals surface area contributed by atoms with E-state index in [1.165, 1.54) is 0 Å². The van der Waals surface area contributed by atoms with E-state index in [2.05, 4.69) is 45.1 Å². The fourth-order valence-electron chi connectivity index (χ4n) is 2.53. The zero-order valence-corrected chi connectivity index (χ0v) is 12.6. The quantitative estimate of drug-likeness (QED) is 0.749. The molecule has 0 radical (unpaired) electrons. The molecule has 1 saturated heterocycles. The molecule has 1 heterocycles. The van der Waals surface area contributed by atoms with Crippen LogP contribution in [-0.4, -0.2) is 55.1 Å². The van der Waals surface area contributed by atoms with Gasteiger partial charge in [-0.05, 0) is 26.4 Å². The van der Waals surface area contributed by atoms with Crippen LogP contribution in [0.5, 0.6) is 0 Å². The maximum Gasteiger partial charge on any atom is 0.241 e.